The van der Waals surface area contributed by atoms with E-state index >= 15 is 0 Å². The Morgan fingerprint density at radius 2 is 1.86 bits per heavy atom. The lowest BCUT2D eigenvalue weighted by atomic mass is 9.95. The Bertz CT molecular complexity index is 1630. The summed E-state index contributed by atoms with van der Waals surface area (Å²) in [6, 6.07) is 8.80. The molecule has 1 atom stereocenters. The first kappa shape index (κ1) is 31.7. The average molecular weight is 627 g/mol. The normalized spacial score (nSPS) is 14.5. The fraction of sp³-hybridized carbons (Fsp3) is 0.455. The van der Waals surface area contributed by atoms with Gasteiger partial charge in [0.25, 0.3) is 5.91 Å². The first-order valence-electron chi connectivity index (χ1n) is 15.0. The number of para-hydroxylation sites is 1. The summed E-state index contributed by atoms with van der Waals surface area (Å²) in [4.78, 5) is 31.2. The predicted molar refractivity (Wildman–Crippen MR) is 169 cm³/mol. The SMILES string of the molecule is CCOCCOCCCCCCOc1cccc2cc(C(=O)N3C[C@@H](CCl)c4c3cc(O)c3[nH]c(C)c(C(=O)OC)c43)oc12. The van der Waals surface area contributed by atoms with E-state index in [0.29, 0.717) is 71.2 Å². The number of nitrogens with zero attached hydrogens (tertiary/aromatic N) is 1. The Balaban J connectivity index is 1.29. The van der Waals surface area contributed by atoms with Crippen molar-refractivity contribution in [3.05, 3.63) is 52.9 Å². The Kier molecular flexibility index (Phi) is 10.3. The number of unbranched alkanes of at least 4 members (excludes halogenated alkanes) is 3. The molecule has 0 saturated carbocycles. The largest absolute Gasteiger partial charge is 0.506 e. The minimum Gasteiger partial charge on any atom is -0.506 e. The van der Waals surface area contributed by atoms with E-state index in [4.69, 9.17) is 35.0 Å². The number of ether oxygens (including phenoxy) is 4. The van der Waals surface area contributed by atoms with Gasteiger partial charge in [0.1, 0.15) is 5.75 Å². The van der Waals surface area contributed by atoms with Crippen LogP contribution in [0.2, 0.25) is 0 Å². The van der Waals surface area contributed by atoms with Crippen LogP contribution >= 0.6 is 11.6 Å². The van der Waals surface area contributed by atoms with Gasteiger partial charge in [-0.25, -0.2) is 4.79 Å². The van der Waals surface area contributed by atoms with Crippen LogP contribution in [-0.2, 0) is 14.2 Å². The van der Waals surface area contributed by atoms with Gasteiger partial charge in [0.05, 0.1) is 43.7 Å². The molecule has 4 aromatic rings. The summed E-state index contributed by atoms with van der Waals surface area (Å²) in [5, 5.41) is 12.2. The van der Waals surface area contributed by atoms with E-state index in [0.717, 1.165) is 37.7 Å². The molecule has 5 rings (SSSR count). The third-order valence-electron chi connectivity index (χ3n) is 7.92. The number of hydrogen-bond acceptors (Lipinski definition) is 8. The number of H-pyrrole nitrogens is 1. The lowest BCUT2D eigenvalue weighted by molar-refractivity contribution is 0.0512. The van der Waals surface area contributed by atoms with Gasteiger partial charge in [-0.1, -0.05) is 18.6 Å². The number of halogens is 1. The molecule has 3 heterocycles. The number of amides is 1. The second-order valence-electron chi connectivity index (χ2n) is 10.8. The van der Waals surface area contributed by atoms with Crippen molar-refractivity contribution in [3.63, 3.8) is 0 Å². The van der Waals surface area contributed by atoms with Gasteiger partial charge < -0.3 is 38.4 Å². The van der Waals surface area contributed by atoms with E-state index < -0.39 is 5.97 Å². The number of fused-ring (bicyclic) bond motifs is 4. The van der Waals surface area contributed by atoms with Gasteiger partial charge in [0, 0.05) is 54.1 Å². The molecule has 0 fully saturated rings. The molecule has 11 heteroatoms. The number of aromatic hydroxyl groups is 1. The molecule has 1 aliphatic heterocycles. The van der Waals surface area contributed by atoms with E-state index in [1.165, 1.54) is 13.2 Å². The van der Waals surface area contributed by atoms with Gasteiger partial charge in [0.15, 0.2) is 17.1 Å². The highest BCUT2D eigenvalue weighted by atomic mass is 35.5. The number of anilines is 1. The smallest absolute Gasteiger partial charge is 0.340 e. The number of esters is 1. The zero-order valence-electron chi connectivity index (χ0n) is 25.4. The molecule has 1 amide bonds. The highest BCUT2D eigenvalue weighted by Crippen LogP contribution is 2.47. The molecule has 1 aliphatic rings. The van der Waals surface area contributed by atoms with Crippen LogP contribution in [0.1, 0.15) is 70.7 Å². The molecule has 236 valence electrons. The third kappa shape index (κ3) is 6.38. The predicted octanol–water partition coefficient (Wildman–Crippen LogP) is 6.69. The molecular weight excluding hydrogens is 588 g/mol. The molecule has 2 aromatic carbocycles. The van der Waals surface area contributed by atoms with Crippen LogP contribution < -0.4 is 9.64 Å². The number of hydrogen-bond donors (Lipinski definition) is 2. The maximum atomic E-state index is 13.9. The quantitative estimate of drug-likeness (QED) is 0.0850. The molecule has 2 N–H and O–H groups in total. The summed E-state index contributed by atoms with van der Waals surface area (Å²) in [5.41, 5.74) is 2.97. The van der Waals surface area contributed by atoms with Crippen molar-refractivity contribution in [1.29, 1.82) is 0 Å². The van der Waals surface area contributed by atoms with Crippen molar-refractivity contribution in [2.45, 2.75) is 45.4 Å². The monoisotopic (exact) mass is 626 g/mol. The maximum Gasteiger partial charge on any atom is 0.340 e. The molecule has 0 bridgehead atoms. The lowest BCUT2D eigenvalue weighted by Gasteiger charge is -2.16. The number of aromatic nitrogens is 1. The summed E-state index contributed by atoms with van der Waals surface area (Å²) in [7, 11) is 1.31. The zero-order valence-corrected chi connectivity index (χ0v) is 26.1. The van der Waals surface area contributed by atoms with E-state index in [2.05, 4.69) is 4.98 Å². The number of rotatable bonds is 15. The number of benzene rings is 2. The maximum absolute atomic E-state index is 13.9. The van der Waals surface area contributed by atoms with Gasteiger partial charge in [-0.3, -0.25) is 4.79 Å². The van der Waals surface area contributed by atoms with E-state index in [-0.39, 0.29) is 35.8 Å². The molecule has 0 aliphatic carbocycles. The van der Waals surface area contributed by atoms with Crippen molar-refractivity contribution in [1.82, 2.24) is 4.98 Å². The van der Waals surface area contributed by atoms with Crippen molar-refractivity contribution < 1.29 is 38.1 Å². The van der Waals surface area contributed by atoms with E-state index in [1.807, 2.05) is 25.1 Å². The van der Waals surface area contributed by atoms with Crippen molar-refractivity contribution in [2.75, 3.05) is 57.5 Å². The number of aromatic amines is 1. The standard InChI is InChI=1S/C33H39ClN2O8/c1-4-41-14-15-42-12-7-5-6-8-13-43-25-11-9-10-21-16-26(44-31(21)25)32(38)36-19-22(18-34)28-23(36)17-24(37)30-29(28)27(20(2)35-30)33(39)40-3/h9-11,16-17,22,35,37H,4-8,12-15,18-19H2,1-3H3/t22-/m1/s1. The van der Waals surface area contributed by atoms with E-state index in [9.17, 15) is 14.7 Å². The summed E-state index contributed by atoms with van der Waals surface area (Å²) >= 11 is 6.39. The summed E-state index contributed by atoms with van der Waals surface area (Å²) in [6.07, 6.45) is 3.94. The van der Waals surface area contributed by atoms with Gasteiger partial charge in [0.2, 0.25) is 0 Å². The summed E-state index contributed by atoms with van der Waals surface area (Å²) in [6.45, 7) is 7.19. The number of alkyl halides is 1. The first-order chi connectivity index (χ1) is 21.4. The van der Waals surface area contributed by atoms with Gasteiger partial charge >= 0.3 is 5.97 Å². The van der Waals surface area contributed by atoms with Gasteiger partial charge in [-0.05, 0) is 50.8 Å². The molecule has 2 aromatic heterocycles. The molecule has 0 saturated heterocycles. The van der Waals surface area contributed by atoms with Crippen LogP contribution in [0.25, 0.3) is 21.9 Å². The Morgan fingerprint density at radius 3 is 2.61 bits per heavy atom. The second kappa shape index (κ2) is 14.4. The van der Waals surface area contributed by atoms with Crippen LogP contribution in [-0.4, -0.2) is 74.5 Å². The molecule has 44 heavy (non-hydrogen) atoms. The Morgan fingerprint density at radius 1 is 1.09 bits per heavy atom. The second-order valence-corrected chi connectivity index (χ2v) is 11.1. The molecular formula is C33H39ClN2O8. The van der Waals surface area contributed by atoms with Gasteiger partial charge in [-0.15, -0.1) is 11.6 Å². The first-order valence-corrected chi connectivity index (χ1v) is 15.6. The summed E-state index contributed by atoms with van der Waals surface area (Å²) in [5.74, 6) is -0.352. The topological polar surface area (TPSA) is 123 Å². The van der Waals surface area contributed by atoms with Crippen LogP contribution in [0.5, 0.6) is 11.5 Å². The fourth-order valence-corrected chi connectivity index (χ4v) is 6.06. The van der Waals surface area contributed by atoms with Crippen molar-refractivity contribution >= 4 is 51.0 Å². The third-order valence-corrected chi connectivity index (χ3v) is 8.29. The lowest BCUT2D eigenvalue weighted by Crippen LogP contribution is -2.29. The number of furan rings is 1. The van der Waals surface area contributed by atoms with Crippen LogP contribution in [0.15, 0.2) is 34.7 Å². The number of aryl methyl sites for hydroxylation is 1. The van der Waals surface area contributed by atoms with Crippen LogP contribution in [0, 0.1) is 6.92 Å². The Labute approximate surface area is 261 Å². The number of nitrogens with one attached hydrogen (secondary N) is 1. The van der Waals surface area contributed by atoms with Crippen LogP contribution in [0.4, 0.5) is 5.69 Å². The fourth-order valence-electron chi connectivity index (χ4n) is 5.81. The Hall–Kier alpha value is -3.73. The number of carbonyl (C=O) groups excluding carboxylic acids is 2. The minimum atomic E-state index is -0.535. The molecule has 10 nitrogen and oxygen atoms in total. The van der Waals surface area contributed by atoms with Gasteiger partial charge in [-0.2, -0.15) is 0 Å². The minimum absolute atomic E-state index is 0.0839. The number of carbonyl (C=O) groups is 2. The number of methoxy groups -OCH3 is 1. The number of phenols is 1. The molecule has 0 unspecified atom stereocenters. The molecule has 0 spiro atoms. The average Bonchev–Trinajstić information content (AvgIpc) is 3.72. The van der Waals surface area contributed by atoms with Crippen molar-refractivity contribution in [3.8, 4) is 11.5 Å². The highest BCUT2D eigenvalue weighted by Gasteiger charge is 2.38. The highest BCUT2D eigenvalue weighted by molar-refractivity contribution is 6.20. The molecule has 0 radical (unpaired) electrons. The van der Waals surface area contributed by atoms with E-state index in [1.54, 1.807) is 17.9 Å². The number of phenolic OH excluding ortho intramolecular Hbond substituents is 1. The summed E-state index contributed by atoms with van der Waals surface area (Å²) < 4.78 is 28.0. The zero-order chi connectivity index (χ0) is 31.2. The van der Waals surface area contributed by atoms with Crippen LogP contribution in [0.3, 0.4) is 0 Å². The van der Waals surface area contributed by atoms with Crippen molar-refractivity contribution in [2.24, 2.45) is 0 Å².